The van der Waals surface area contributed by atoms with Gasteiger partial charge in [-0.2, -0.15) is 0 Å². The summed E-state index contributed by atoms with van der Waals surface area (Å²) in [6, 6.07) is 6.32. The highest BCUT2D eigenvalue weighted by Gasteiger charge is 2.23. The molecule has 0 saturated heterocycles. The number of nitrogens with one attached hydrogen (secondary N) is 2. The van der Waals surface area contributed by atoms with Crippen LogP contribution >= 0.6 is 0 Å². The fraction of sp³-hybridized carbons (Fsp3) is 0.375. The highest BCUT2D eigenvalue weighted by Crippen LogP contribution is 2.20. The summed E-state index contributed by atoms with van der Waals surface area (Å²) < 4.78 is 33.0. The molecular weight excluding hydrogens is 504 g/mol. The summed E-state index contributed by atoms with van der Waals surface area (Å²) in [6.45, 7) is 7.87. The Morgan fingerprint density at radius 1 is 1.03 bits per heavy atom. The average Bonchev–Trinajstić information content (AvgIpc) is 2.86. The summed E-state index contributed by atoms with van der Waals surface area (Å²) in [7, 11) is -4.30. The van der Waals surface area contributed by atoms with E-state index < -0.39 is 34.4 Å². The Morgan fingerprint density at radius 3 is 2.19 bits per heavy atom. The average molecular weight is 535 g/mol. The van der Waals surface area contributed by atoms with Crippen molar-refractivity contribution in [2.24, 2.45) is 5.92 Å². The van der Waals surface area contributed by atoms with Crippen molar-refractivity contribution in [2.75, 3.05) is 26.2 Å². The number of ether oxygens (including phenoxy) is 1. The van der Waals surface area contributed by atoms with E-state index in [4.69, 9.17) is 9.84 Å². The van der Waals surface area contributed by atoms with E-state index in [2.05, 4.69) is 10.3 Å². The third-order valence-electron chi connectivity index (χ3n) is 4.99. The maximum atomic E-state index is 12.8. The highest BCUT2D eigenvalue weighted by molar-refractivity contribution is 7.90. The molecule has 13 heteroatoms. The summed E-state index contributed by atoms with van der Waals surface area (Å²) in [4.78, 5) is 53.5. The number of carbonyl (C=O) groups excluding carboxylic acids is 3. The Morgan fingerprint density at radius 2 is 1.65 bits per heavy atom. The van der Waals surface area contributed by atoms with Gasteiger partial charge in [0.1, 0.15) is 6.54 Å². The van der Waals surface area contributed by atoms with Crippen molar-refractivity contribution in [1.29, 1.82) is 0 Å². The van der Waals surface area contributed by atoms with Gasteiger partial charge in [0.25, 0.3) is 27.7 Å². The molecule has 0 aliphatic rings. The molecule has 37 heavy (non-hydrogen) atoms. The number of rotatable bonds is 12. The minimum atomic E-state index is -4.30. The molecule has 0 saturated carbocycles. The van der Waals surface area contributed by atoms with Crippen molar-refractivity contribution in [3.05, 3.63) is 53.3 Å². The van der Waals surface area contributed by atoms with E-state index in [1.54, 1.807) is 4.90 Å². The summed E-state index contributed by atoms with van der Waals surface area (Å²) in [5.41, 5.74) is -0.151. The fourth-order valence-corrected chi connectivity index (χ4v) is 4.03. The zero-order chi connectivity index (χ0) is 27.8. The summed E-state index contributed by atoms with van der Waals surface area (Å²) in [5, 5.41) is 10.9. The lowest BCUT2D eigenvalue weighted by Gasteiger charge is -2.18. The molecule has 0 unspecified atom stereocenters. The molecule has 0 aliphatic carbocycles. The molecule has 0 radical (unpaired) electrons. The Labute approximate surface area is 215 Å². The Hall–Kier alpha value is -4.00. The number of aliphatic carboxylic acids is 1. The second-order valence-electron chi connectivity index (χ2n) is 8.29. The van der Waals surface area contributed by atoms with Gasteiger partial charge in [0.15, 0.2) is 11.4 Å². The maximum absolute atomic E-state index is 12.8. The highest BCUT2D eigenvalue weighted by atomic mass is 32.2. The molecule has 2 rings (SSSR count). The normalized spacial score (nSPS) is 11.1. The van der Waals surface area contributed by atoms with Gasteiger partial charge in [-0.05, 0) is 50.1 Å². The molecule has 1 aromatic carbocycles. The number of hydrogen-bond donors (Lipinski definition) is 3. The first-order chi connectivity index (χ1) is 17.4. The quantitative estimate of drug-likeness (QED) is 0.365. The third-order valence-corrected chi connectivity index (χ3v) is 6.34. The van der Waals surface area contributed by atoms with Crippen LogP contribution in [0.1, 0.15) is 58.9 Å². The van der Waals surface area contributed by atoms with Gasteiger partial charge in [-0.3, -0.25) is 19.2 Å². The lowest BCUT2D eigenvalue weighted by Crippen LogP contribution is -2.32. The lowest BCUT2D eigenvalue weighted by molar-refractivity contribution is -0.135. The summed E-state index contributed by atoms with van der Waals surface area (Å²) in [5.74, 6) is -3.43. The van der Waals surface area contributed by atoms with Crippen LogP contribution in [0.2, 0.25) is 0 Å². The molecule has 12 nitrogen and oxygen atoms in total. The Bertz CT molecular complexity index is 1260. The number of carbonyl (C=O) groups is 4. The molecule has 0 atom stereocenters. The zero-order valence-electron chi connectivity index (χ0n) is 21.0. The van der Waals surface area contributed by atoms with Crippen LogP contribution in [0.4, 0.5) is 0 Å². The van der Waals surface area contributed by atoms with E-state index in [9.17, 15) is 27.6 Å². The molecule has 0 spiro atoms. The van der Waals surface area contributed by atoms with Gasteiger partial charge >= 0.3 is 5.97 Å². The molecule has 0 fully saturated rings. The predicted octanol–water partition coefficient (Wildman–Crippen LogP) is 1.53. The number of pyridine rings is 1. The van der Waals surface area contributed by atoms with Crippen LogP contribution in [0.5, 0.6) is 5.75 Å². The minimum Gasteiger partial charge on any atom is -0.491 e. The molecule has 3 amide bonds. The molecule has 3 N–H and O–H groups in total. The van der Waals surface area contributed by atoms with Gasteiger partial charge in [-0.15, -0.1) is 0 Å². The smallest absolute Gasteiger partial charge is 0.322 e. The third kappa shape index (κ3) is 8.00. The van der Waals surface area contributed by atoms with E-state index in [0.717, 1.165) is 12.3 Å². The van der Waals surface area contributed by atoms with Gasteiger partial charge < -0.3 is 20.1 Å². The van der Waals surface area contributed by atoms with E-state index in [1.807, 2.05) is 32.4 Å². The van der Waals surface area contributed by atoms with E-state index in [0.29, 0.717) is 18.7 Å². The minimum absolute atomic E-state index is 0.0457. The van der Waals surface area contributed by atoms with Gasteiger partial charge in [-0.1, -0.05) is 13.8 Å². The van der Waals surface area contributed by atoms with Crippen molar-refractivity contribution in [2.45, 2.75) is 32.6 Å². The van der Waals surface area contributed by atoms with Crippen LogP contribution in [0.25, 0.3) is 0 Å². The number of nitrogens with zero attached hydrogens (tertiary/aromatic N) is 2. The number of hydrogen-bond acceptors (Lipinski definition) is 8. The number of aromatic nitrogens is 1. The zero-order valence-corrected chi connectivity index (χ0v) is 21.8. The maximum Gasteiger partial charge on any atom is 0.322 e. The first-order valence-corrected chi connectivity index (χ1v) is 13.0. The largest absolute Gasteiger partial charge is 0.491 e. The molecule has 1 aromatic heterocycles. The van der Waals surface area contributed by atoms with Gasteiger partial charge in [0.2, 0.25) is 0 Å². The van der Waals surface area contributed by atoms with Crippen LogP contribution in [-0.4, -0.2) is 73.3 Å². The standard InChI is InChI=1S/C24H30N4O8S/c1-5-28(6-2)24(33)16-7-9-18(10-8-16)37(34,35)27-22(31)17-11-19(36-14-15(3)4)21(25-12-17)23(32)26-13-20(29)30/h7-12,15H,5-6,13-14H2,1-4H3,(H,26,32)(H,27,31)(H,29,30). The topological polar surface area (TPSA) is 172 Å². The van der Waals surface area contributed by atoms with Gasteiger partial charge in [-0.25, -0.2) is 18.1 Å². The van der Waals surface area contributed by atoms with Crippen LogP contribution in [0.15, 0.2) is 41.4 Å². The Balaban J connectivity index is 2.26. The molecule has 0 bridgehead atoms. The van der Waals surface area contributed by atoms with Crippen molar-refractivity contribution in [3.8, 4) is 5.75 Å². The van der Waals surface area contributed by atoms with Crippen molar-refractivity contribution >= 4 is 33.7 Å². The first-order valence-electron chi connectivity index (χ1n) is 11.5. The lowest BCUT2D eigenvalue weighted by atomic mass is 10.2. The van der Waals surface area contributed by atoms with Crippen molar-refractivity contribution in [3.63, 3.8) is 0 Å². The molecule has 2 aromatic rings. The number of sulfonamides is 1. The molecular formula is C24H30N4O8S. The van der Waals surface area contributed by atoms with Crippen molar-refractivity contribution < 1.29 is 37.4 Å². The first kappa shape index (κ1) is 29.2. The Kier molecular flexibility index (Phi) is 10.1. The van der Waals surface area contributed by atoms with Gasteiger partial charge in [0.05, 0.1) is 17.1 Å². The monoisotopic (exact) mass is 534 g/mol. The second kappa shape index (κ2) is 12.8. The number of benzene rings is 1. The SMILES string of the molecule is CCN(CC)C(=O)c1ccc(S(=O)(=O)NC(=O)c2cnc(C(=O)NCC(=O)O)c(OCC(C)C)c2)cc1. The van der Waals surface area contributed by atoms with Crippen LogP contribution in [-0.2, 0) is 14.8 Å². The number of amides is 3. The second-order valence-corrected chi connectivity index (χ2v) is 9.97. The summed E-state index contributed by atoms with van der Waals surface area (Å²) >= 11 is 0. The summed E-state index contributed by atoms with van der Waals surface area (Å²) in [6.07, 6.45) is 0.981. The fourth-order valence-electron chi connectivity index (χ4n) is 3.06. The van der Waals surface area contributed by atoms with Gasteiger partial charge in [0, 0.05) is 24.8 Å². The molecule has 0 aliphatic heterocycles. The predicted molar refractivity (Wildman–Crippen MR) is 133 cm³/mol. The van der Waals surface area contributed by atoms with Crippen molar-refractivity contribution in [1.82, 2.24) is 19.9 Å². The van der Waals surface area contributed by atoms with Crippen LogP contribution in [0, 0.1) is 5.92 Å². The van der Waals surface area contributed by atoms with E-state index >= 15 is 0 Å². The van der Waals surface area contributed by atoms with E-state index in [1.165, 1.54) is 24.3 Å². The molecule has 200 valence electrons. The molecule has 1 heterocycles. The number of carboxylic acid groups (broad SMARTS) is 1. The van der Waals surface area contributed by atoms with E-state index in [-0.39, 0.29) is 40.3 Å². The van der Waals surface area contributed by atoms with Crippen LogP contribution < -0.4 is 14.8 Å². The number of carboxylic acids is 1. The van der Waals surface area contributed by atoms with Crippen LogP contribution in [0.3, 0.4) is 0 Å².